The lowest BCUT2D eigenvalue weighted by atomic mass is 10.1. The Morgan fingerprint density at radius 3 is 3.00 bits per heavy atom. The highest BCUT2D eigenvalue weighted by molar-refractivity contribution is 9.10. The average Bonchev–Trinajstić information content (AvgIpc) is 2.76. The van der Waals surface area contributed by atoms with Crippen LogP contribution >= 0.6 is 27.5 Å². The van der Waals surface area contributed by atoms with Crippen molar-refractivity contribution >= 4 is 39.4 Å². The minimum atomic E-state index is -0.0683. The molecule has 2 aromatic rings. The van der Waals surface area contributed by atoms with Crippen LogP contribution in [0.2, 0.25) is 5.02 Å². The van der Waals surface area contributed by atoms with E-state index in [1.165, 1.54) is 6.08 Å². The molecule has 98 valence electrons. The molecule has 0 amide bonds. The van der Waals surface area contributed by atoms with Gasteiger partial charge in [0.2, 0.25) is 0 Å². The summed E-state index contributed by atoms with van der Waals surface area (Å²) < 4.78 is 2.62. The van der Waals surface area contributed by atoms with Crippen molar-refractivity contribution in [1.29, 1.82) is 0 Å². The zero-order valence-corrected chi connectivity index (χ0v) is 12.6. The fourth-order valence-electron chi connectivity index (χ4n) is 1.68. The Balaban J connectivity index is 2.23. The first-order valence-electron chi connectivity index (χ1n) is 5.81. The Labute approximate surface area is 125 Å². The quantitative estimate of drug-likeness (QED) is 0.617. The van der Waals surface area contributed by atoms with E-state index >= 15 is 0 Å². The maximum atomic E-state index is 12.0. The van der Waals surface area contributed by atoms with E-state index in [1.54, 1.807) is 29.1 Å². The number of carbonyl (C=O) groups excluding carboxylic acids is 1. The second-order valence-corrected chi connectivity index (χ2v) is 5.22. The van der Waals surface area contributed by atoms with Crippen molar-refractivity contribution < 1.29 is 4.79 Å². The smallest absolute Gasteiger partial charge is 0.185 e. The van der Waals surface area contributed by atoms with E-state index in [4.69, 9.17) is 11.6 Å². The highest BCUT2D eigenvalue weighted by Gasteiger charge is 2.06. The van der Waals surface area contributed by atoms with Crippen molar-refractivity contribution in [3.05, 3.63) is 57.3 Å². The summed E-state index contributed by atoms with van der Waals surface area (Å²) >= 11 is 9.37. The molecule has 1 aromatic heterocycles. The molecule has 1 aromatic carbocycles. The zero-order chi connectivity index (χ0) is 13.8. The third kappa shape index (κ3) is 3.33. The molecular weight excluding hydrogens is 328 g/mol. The Morgan fingerprint density at radius 2 is 2.32 bits per heavy atom. The van der Waals surface area contributed by atoms with Crippen LogP contribution in [0, 0.1) is 0 Å². The summed E-state index contributed by atoms with van der Waals surface area (Å²) in [6.07, 6.45) is 4.78. The largest absolute Gasteiger partial charge is 0.289 e. The Bertz CT molecular complexity index is 634. The summed E-state index contributed by atoms with van der Waals surface area (Å²) in [5.74, 6) is -0.0683. The van der Waals surface area contributed by atoms with E-state index in [-0.39, 0.29) is 5.78 Å². The van der Waals surface area contributed by atoms with Gasteiger partial charge in [-0.25, -0.2) is 0 Å². The molecule has 0 unspecified atom stereocenters. The van der Waals surface area contributed by atoms with Crippen LogP contribution in [0.1, 0.15) is 23.0 Å². The number of rotatable bonds is 4. The molecule has 0 aliphatic rings. The molecule has 0 saturated carbocycles. The van der Waals surface area contributed by atoms with Gasteiger partial charge in [-0.15, -0.1) is 0 Å². The molecular formula is C14H12BrClN2O. The van der Waals surface area contributed by atoms with Gasteiger partial charge >= 0.3 is 0 Å². The predicted octanol–water partition coefficient (Wildman–Crippen LogP) is 4.22. The van der Waals surface area contributed by atoms with Gasteiger partial charge in [-0.1, -0.05) is 39.7 Å². The normalized spacial score (nSPS) is 11.1. The van der Waals surface area contributed by atoms with Crippen LogP contribution in [0.5, 0.6) is 0 Å². The monoisotopic (exact) mass is 338 g/mol. The molecule has 1 heterocycles. The van der Waals surface area contributed by atoms with Crippen molar-refractivity contribution in [1.82, 2.24) is 9.78 Å². The van der Waals surface area contributed by atoms with E-state index in [0.717, 1.165) is 10.2 Å². The van der Waals surface area contributed by atoms with Gasteiger partial charge in [0.25, 0.3) is 0 Å². The molecule has 5 heteroatoms. The molecule has 0 N–H and O–H groups in total. The van der Waals surface area contributed by atoms with Crippen molar-refractivity contribution in [3.63, 3.8) is 0 Å². The van der Waals surface area contributed by atoms with E-state index in [2.05, 4.69) is 21.0 Å². The first-order chi connectivity index (χ1) is 9.11. The Hall–Kier alpha value is -1.39. The first kappa shape index (κ1) is 14.0. The van der Waals surface area contributed by atoms with E-state index in [0.29, 0.717) is 17.1 Å². The highest BCUT2D eigenvalue weighted by Crippen LogP contribution is 2.18. The molecule has 0 saturated heterocycles. The van der Waals surface area contributed by atoms with Crippen LogP contribution in [0.15, 0.2) is 41.0 Å². The fourth-order valence-corrected chi connectivity index (χ4v) is 2.29. The van der Waals surface area contributed by atoms with E-state index in [9.17, 15) is 4.79 Å². The summed E-state index contributed by atoms with van der Waals surface area (Å²) in [7, 11) is 0. The molecule has 0 radical (unpaired) electrons. The van der Waals surface area contributed by atoms with Gasteiger partial charge in [0.05, 0.1) is 16.9 Å². The lowest BCUT2D eigenvalue weighted by Crippen LogP contribution is -1.99. The zero-order valence-electron chi connectivity index (χ0n) is 10.3. The van der Waals surface area contributed by atoms with Crippen LogP contribution in [0.4, 0.5) is 0 Å². The van der Waals surface area contributed by atoms with E-state index in [1.807, 2.05) is 19.1 Å². The Morgan fingerprint density at radius 1 is 1.53 bits per heavy atom. The molecule has 3 nitrogen and oxygen atoms in total. The van der Waals surface area contributed by atoms with Gasteiger partial charge in [0, 0.05) is 16.6 Å². The van der Waals surface area contributed by atoms with Crippen LogP contribution in [-0.2, 0) is 6.54 Å². The molecule has 0 aliphatic carbocycles. The van der Waals surface area contributed by atoms with Gasteiger partial charge in [0.15, 0.2) is 5.78 Å². The van der Waals surface area contributed by atoms with Crippen molar-refractivity contribution in [2.75, 3.05) is 0 Å². The van der Waals surface area contributed by atoms with Crippen LogP contribution < -0.4 is 0 Å². The molecule has 19 heavy (non-hydrogen) atoms. The Kier molecular flexibility index (Phi) is 4.56. The molecule has 0 atom stereocenters. The third-order valence-electron chi connectivity index (χ3n) is 2.63. The lowest BCUT2D eigenvalue weighted by Gasteiger charge is -2.00. The number of nitrogens with zero attached hydrogens (tertiary/aromatic N) is 2. The molecule has 0 spiro atoms. The van der Waals surface area contributed by atoms with Gasteiger partial charge in [0.1, 0.15) is 0 Å². The summed E-state index contributed by atoms with van der Waals surface area (Å²) in [6, 6.07) is 7.26. The van der Waals surface area contributed by atoms with Gasteiger partial charge < -0.3 is 0 Å². The number of carbonyl (C=O) groups is 1. The summed E-state index contributed by atoms with van der Waals surface area (Å²) in [5, 5.41) is 4.66. The minimum Gasteiger partial charge on any atom is -0.289 e. The fraction of sp³-hybridized carbons (Fsp3) is 0.143. The van der Waals surface area contributed by atoms with E-state index < -0.39 is 0 Å². The topological polar surface area (TPSA) is 34.9 Å². The van der Waals surface area contributed by atoms with Crippen LogP contribution in [0.25, 0.3) is 6.08 Å². The lowest BCUT2D eigenvalue weighted by molar-refractivity contribution is 0.104. The molecule has 0 fully saturated rings. The van der Waals surface area contributed by atoms with Crippen molar-refractivity contribution in [2.45, 2.75) is 13.5 Å². The number of halogens is 2. The number of benzene rings is 1. The minimum absolute atomic E-state index is 0.0683. The van der Waals surface area contributed by atoms with Gasteiger partial charge in [-0.05, 0) is 31.2 Å². The highest BCUT2D eigenvalue weighted by atomic mass is 79.9. The second kappa shape index (κ2) is 6.17. The van der Waals surface area contributed by atoms with Crippen molar-refractivity contribution in [3.8, 4) is 0 Å². The third-order valence-corrected chi connectivity index (χ3v) is 3.42. The number of ketones is 1. The van der Waals surface area contributed by atoms with Crippen LogP contribution in [0.3, 0.4) is 0 Å². The average molecular weight is 340 g/mol. The summed E-state index contributed by atoms with van der Waals surface area (Å²) in [5.41, 5.74) is 1.37. The molecule has 0 aliphatic heterocycles. The second-order valence-electron chi connectivity index (χ2n) is 3.90. The maximum Gasteiger partial charge on any atom is 0.185 e. The van der Waals surface area contributed by atoms with Crippen molar-refractivity contribution in [2.24, 2.45) is 0 Å². The SMILES string of the molecule is CCn1ncc(Cl)c1/C=C/C(=O)c1cccc(Br)c1. The number of aromatic nitrogens is 2. The number of hydrogen-bond acceptors (Lipinski definition) is 2. The van der Waals surface area contributed by atoms with Gasteiger partial charge in [-0.3, -0.25) is 9.48 Å². The van der Waals surface area contributed by atoms with Gasteiger partial charge in [-0.2, -0.15) is 5.10 Å². The summed E-state index contributed by atoms with van der Waals surface area (Å²) in [4.78, 5) is 12.0. The summed E-state index contributed by atoms with van der Waals surface area (Å²) in [6.45, 7) is 2.67. The predicted molar refractivity (Wildman–Crippen MR) is 80.4 cm³/mol. The number of hydrogen-bond donors (Lipinski definition) is 0. The molecule has 0 bridgehead atoms. The van der Waals surface area contributed by atoms with Crippen LogP contribution in [-0.4, -0.2) is 15.6 Å². The standard InChI is InChI=1S/C14H12BrClN2O/c1-2-18-13(12(16)9-17-18)6-7-14(19)10-4-3-5-11(15)8-10/h3-9H,2H2,1H3/b7-6+. The maximum absolute atomic E-state index is 12.0. The molecule has 2 rings (SSSR count). The number of aryl methyl sites for hydroxylation is 1. The number of allylic oxidation sites excluding steroid dienone is 1. The first-order valence-corrected chi connectivity index (χ1v) is 6.98.